The molecule has 1 aliphatic heterocycles. The Labute approximate surface area is 91.7 Å². The number of aryl methyl sites for hydroxylation is 1. The molecule has 1 saturated carbocycles. The largest absolute Gasteiger partial charge is 0.334 e. The van der Waals surface area contributed by atoms with Gasteiger partial charge in [-0.15, -0.1) is 0 Å². The molecule has 2 heteroatoms. The van der Waals surface area contributed by atoms with Crippen molar-refractivity contribution in [3.8, 4) is 0 Å². The van der Waals surface area contributed by atoms with Crippen LogP contribution in [0.25, 0.3) is 0 Å². The molecule has 15 heavy (non-hydrogen) atoms. The Morgan fingerprint density at radius 3 is 2.73 bits per heavy atom. The van der Waals surface area contributed by atoms with E-state index in [0.717, 1.165) is 5.92 Å². The van der Waals surface area contributed by atoms with Gasteiger partial charge in [0.15, 0.2) is 0 Å². The summed E-state index contributed by atoms with van der Waals surface area (Å²) in [6.07, 6.45) is 10.5. The van der Waals surface area contributed by atoms with Gasteiger partial charge in [-0.3, -0.25) is 0 Å². The SMILES string of the molecule is CC1CCCn2cc(C3CCCC3)nc21. The number of hydrogen-bond donors (Lipinski definition) is 0. The third-order valence-electron chi connectivity index (χ3n) is 4.08. The van der Waals surface area contributed by atoms with Crippen molar-refractivity contribution in [2.45, 2.75) is 63.8 Å². The van der Waals surface area contributed by atoms with E-state index in [9.17, 15) is 0 Å². The van der Waals surface area contributed by atoms with Crippen LogP contribution in [-0.2, 0) is 6.54 Å². The number of imidazole rings is 1. The number of hydrogen-bond acceptors (Lipinski definition) is 1. The molecule has 0 aromatic carbocycles. The Hall–Kier alpha value is -0.790. The summed E-state index contributed by atoms with van der Waals surface area (Å²) in [5.74, 6) is 2.80. The van der Waals surface area contributed by atoms with Gasteiger partial charge in [0.1, 0.15) is 5.82 Å². The van der Waals surface area contributed by atoms with Crippen molar-refractivity contribution >= 4 is 0 Å². The first kappa shape index (κ1) is 9.44. The van der Waals surface area contributed by atoms with Crippen LogP contribution in [0.3, 0.4) is 0 Å². The van der Waals surface area contributed by atoms with E-state index in [1.807, 2.05) is 0 Å². The molecule has 1 aromatic rings. The lowest BCUT2D eigenvalue weighted by Gasteiger charge is -2.19. The monoisotopic (exact) mass is 204 g/mol. The number of nitrogens with zero attached hydrogens (tertiary/aromatic N) is 2. The van der Waals surface area contributed by atoms with Crippen molar-refractivity contribution in [2.24, 2.45) is 0 Å². The van der Waals surface area contributed by atoms with E-state index in [-0.39, 0.29) is 0 Å². The minimum atomic E-state index is 0.675. The van der Waals surface area contributed by atoms with Crippen molar-refractivity contribution in [3.05, 3.63) is 17.7 Å². The average molecular weight is 204 g/mol. The molecule has 2 aliphatic rings. The molecule has 0 spiro atoms. The summed E-state index contributed by atoms with van der Waals surface area (Å²) in [4.78, 5) is 4.88. The molecule has 2 heterocycles. The fraction of sp³-hybridized carbons (Fsp3) is 0.769. The van der Waals surface area contributed by atoms with Crippen molar-refractivity contribution in [2.75, 3.05) is 0 Å². The van der Waals surface area contributed by atoms with Crippen LogP contribution in [0.4, 0.5) is 0 Å². The highest BCUT2D eigenvalue weighted by atomic mass is 15.1. The lowest BCUT2D eigenvalue weighted by atomic mass is 10.0. The molecule has 1 atom stereocenters. The molecule has 2 nitrogen and oxygen atoms in total. The summed E-state index contributed by atoms with van der Waals surface area (Å²) in [7, 11) is 0. The lowest BCUT2D eigenvalue weighted by molar-refractivity contribution is 0.463. The Balaban J connectivity index is 1.90. The zero-order valence-electron chi connectivity index (χ0n) is 9.58. The number of rotatable bonds is 1. The zero-order valence-corrected chi connectivity index (χ0v) is 9.58. The normalized spacial score (nSPS) is 26.9. The predicted molar refractivity (Wildman–Crippen MR) is 61.1 cm³/mol. The molecule has 0 radical (unpaired) electrons. The van der Waals surface area contributed by atoms with E-state index in [2.05, 4.69) is 17.7 Å². The van der Waals surface area contributed by atoms with Crippen LogP contribution in [0.5, 0.6) is 0 Å². The molecule has 0 amide bonds. The van der Waals surface area contributed by atoms with Crippen LogP contribution >= 0.6 is 0 Å². The van der Waals surface area contributed by atoms with Gasteiger partial charge in [0, 0.05) is 24.6 Å². The van der Waals surface area contributed by atoms with Crippen LogP contribution in [0.2, 0.25) is 0 Å². The van der Waals surface area contributed by atoms with Gasteiger partial charge < -0.3 is 4.57 Å². The quantitative estimate of drug-likeness (QED) is 0.685. The first-order valence-corrected chi connectivity index (χ1v) is 6.41. The van der Waals surface area contributed by atoms with Crippen LogP contribution in [0, 0.1) is 0 Å². The van der Waals surface area contributed by atoms with Gasteiger partial charge in [-0.05, 0) is 25.7 Å². The van der Waals surface area contributed by atoms with E-state index in [1.165, 1.54) is 56.6 Å². The fourth-order valence-corrected chi connectivity index (χ4v) is 3.14. The smallest absolute Gasteiger partial charge is 0.111 e. The highest BCUT2D eigenvalue weighted by Crippen LogP contribution is 2.35. The Morgan fingerprint density at radius 1 is 1.20 bits per heavy atom. The molecule has 0 N–H and O–H groups in total. The van der Waals surface area contributed by atoms with E-state index < -0.39 is 0 Å². The average Bonchev–Trinajstić information content (AvgIpc) is 2.86. The van der Waals surface area contributed by atoms with Gasteiger partial charge in [0.25, 0.3) is 0 Å². The van der Waals surface area contributed by atoms with Crippen LogP contribution in [-0.4, -0.2) is 9.55 Å². The Bertz CT molecular complexity index is 347. The van der Waals surface area contributed by atoms with Crippen LogP contribution < -0.4 is 0 Å². The molecule has 3 rings (SSSR count). The third kappa shape index (κ3) is 1.60. The minimum Gasteiger partial charge on any atom is -0.334 e. The Morgan fingerprint density at radius 2 is 2.00 bits per heavy atom. The molecule has 1 fully saturated rings. The summed E-state index contributed by atoms with van der Waals surface area (Å²) in [6, 6.07) is 0. The van der Waals surface area contributed by atoms with Gasteiger partial charge >= 0.3 is 0 Å². The topological polar surface area (TPSA) is 17.8 Å². The highest BCUT2D eigenvalue weighted by Gasteiger charge is 2.24. The molecule has 0 saturated heterocycles. The van der Waals surface area contributed by atoms with Gasteiger partial charge in [0.2, 0.25) is 0 Å². The number of aromatic nitrogens is 2. The second kappa shape index (κ2) is 3.66. The predicted octanol–water partition coefficient (Wildman–Crippen LogP) is 3.44. The standard InChI is InChI=1S/C13H20N2/c1-10-5-4-8-15-9-12(14-13(10)15)11-6-2-3-7-11/h9-11H,2-8H2,1H3. The van der Waals surface area contributed by atoms with Gasteiger partial charge in [-0.2, -0.15) is 0 Å². The summed E-state index contributed by atoms with van der Waals surface area (Å²) in [5.41, 5.74) is 1.39. The van der Waals surface area contributed by atoms with E-state index in [4.69, 9.17) is 4.98 Å². The molecular formula is C13H20N2. The summed E-state index contributed by atoms with van der Waals surface area (Å²) in [5, 5.41) is 0. The fourth-order valence-electron chi connectivity index (χ4n) is 3.14. The second-order valence-corrected chi connectivity index (χ2v) is 5.24. The Kier molecular flexibility index (Phi) is 2.30. The molecular weight excluding hydrogens is 184 g/mol. The lowest BCUT2D eigenvalue weighted by Crippen LogP contribution is -2.12. The third-order valence-corrected chi connectivity index (χ3v) is 4.08. The summed E-state index contributed by atoms with van der Waals surface area (Å²) in [6.45, 7) is 3.51. The van der Waals surface area contributed by atoms with Crippen molar-refractivity contribution < 1.29 is 0 Å². The van der Waals surface area contributed by atoms with Crippen molar-refractivity contribution in [3.63, 3.8) is 0 Å². The van der Waals surface area contributed by atoms with E-state index >= 15 is 0 Å². The maximum absolute atomic E-state index is 4.88. The van der Waals surface area contributed by atoms with Crippen molar-refractivity contribution in [1.29, 1.82) is 0 Å². The molecule has 0 bridgehead atoms. The maximum Gasteiger partial charge on any atom is 0.111 e. The first-order chi connectivity index (χ1) is 7.34. The summed E-state index contributed by atoms with van der Waals surface area (Å²) < 4.78 is 2.40. The van der Waals surface area contributed by atoms with Gasteiger partial charge in [-0.1, -0.05) is 19.8 Å². The first-order valence-electron chi connectivity index (χ1n) is 6.41. The molecule has 1 aliphatic carbocycles. The molecule has 82 valence electrons. The number of fused-ring (bicyclic) bond motifs is 1. The molecule has 1 aromatic heterocycles. The van der Waals surface area contributed by atoms with E-state index in [1.54, 1.807) is 0 Å². The van der Waals surface area contributed by atoms with Gasteiger partial charge in [-0.25, -0.2) is 4.98 Å². The minimum absolute atomic E-state index is 0.675. The maximum atomic E-state index is 4.88. The zero-order chi connectivity index (χ0) is 10.3. The molecule has 1 unspecified atom stereocenters. The van der Waals surface area contributed by atoms with Crippen molar-refractivity contribution in [1.82, 2.24) is 9.55 Å². The summed E-state index contributed by atoms with van der Waals surface area (Å²) >= 11 is 0. The van der Waals surface area contributed by atoms with E-state index in [0.29, 0.717) is 5.92 Å². The second-order valence-electron chi connectivity index (χ2n) is 5.24. The van der Waals surface area contributed by atoms with Gasteiger partial charge in [0.05, 0.1) is 5.69 Å². The van der Waals surface area contributed by atoms with Crippen LogP contribution in [0.15, 0.2) is 6.20 Å². The highest BCUT2D eigenvalue weighted by molar-refractivity contribution is 5.14. The van der Waals surface area contributed by atoms with Crippen LogP contribution in [0.1, 0.15) is 68.8 Å².